The number of hydrogen-bond acceptors (Lipinski definition) is 2. The molecule has 1 unspecified atom stereocenters. The van der Waals surface area contributed by atoms with Gasteiger partial charge in [0.1, 0.15) is 0 Å². The third kappa shape index (κ3) is 4.09. The van der Waals surface area contributed by atoms with Crippen LogP contribution in [0.15, 0.2) is 28.7 Å². The molecular weight excluding hydrogens is 278 g/mol. The number of nitrogens with one attached hydrogen (secondary N) is 1. The molecular formula is C14H20BrNO. The molecule has 0 radical (unpaired) electrons. The summed E-state index contributed by atoms with van der Waals surface area (Å²) in [6, 6.07) is 7.87. The molecule has 0 aromatic heterocycles. The molecule has 1 aromatic rings. The summed E-state index contributed by atoms with van der Waals surface area (Å²) in [5.41, 5.74) is 0.971. The van der Waals surface area contributed by atoms with Crippen LogP contribution >= 0.6 is 15.9 Å². The third-order valence-corrected chi connectivity index (χ3v) is 3.97. The molecule has 0 bridgehead atoms. The smallest absolute Gasteiger partial charge is 0.0914 e. The summed E-state index contributed by atoms with van der Waals surface area (Å²) in [5.74, 6) is 0.824. The minimum absolute atomic E-state index is 0.408. The van der Waals surface area contributed by atoms with Crippen LogP contribution in [0.3, 0.4) is 0 Å². The van der Waals surface area contributed by atoms with Gasteiger partial charge in [-0.25, -0.2) is 0 Å². The van der Waals surface area contributed by atoms with Gasteiger partial charge >= 0.3 is 0 Å². The van der Waals surface area contributed by atoms with Crippen LogP contribution in [0.1, 0.15) is 37.4 Å². The minimum atomic E-state index is -0.408. The van der Waals surface area contributed by atoms with Crippen molar-refractivity contribution in [2.45, 2.75) is 31.8 Å². The molecule has 1 aliphatic rings. The largest absolute Gasteiger partial charge is 0.387 e. The van der Waals surface area contributed by atoms with Crippen LogP contribution in [0.2, 0.25) is 0 Å². The highest BCUT2D eigenvalue weighted by atomic mass is 79.9. The lowest BCUT2D eigenvalue weighted by Crippen LogP contribution is -2.26. The van der Waals surface area contributed by atoms with Crippen molar-refractivity contribution >= 4 is 15.9 Å². The van der Waals surface area contributed by atoms with Crippen LogP contribution in [-0.2, 0) is 0 Å². The fourth-order valence-electron chi connectivity index (χ4n) is 2.47. The standard InChI is InChI=1S/C14H20BrNO/c15-13-7-3-6-12(8-13)14(17)10-16-9-11-4-1-2-5-11/h3,6-8,11,14,16-17H,1-2,4-5,9-10H2. The number of rotatable bonds is 5. The average Bonchev–Trinajstić information content (AvgIpc) is 2.82. The van der Waals surface area contributed by atoms with Gasteiger partial charge in [-0.1, -0.05) is 40.9 Å². The molecule has 1 saturated carbocycles. The summed E-state index contributed by atoms with van der Waals surface area (Å²) in [4.78, 5) is 0. The Bertz CT molecular complexity index is 350. The van der Waals surface area contributed by atoms with Crippen LogP contribution in [-0.4, -0.2) is 18.2 Å². The van der Waals surface area contributed by atoms with E-state index in [4.69, 9.17) is 0 Å². The van der Waals surface area contributed by atoms with Crippen LogP contribution in [0.5, 0.6) is 0 Å². The fourth-order valence-corrected chi connectivity index (χ4v) is 2.89. The Morgan fingerprint density at radius 1 is 1.35 bits per heavy atom. The van der Waals surface area contributed by atoms with E-state index in [-0.39, 0.29) is 0 Å². The SMILES string of the molecule is OC(CNCC1CCCC1)c1cccc(Br)c1. The second kappa shape index (κ2) is 6.53. The van der Waals surface area contributed by atoms with Crippen LogP contribution < -0.4 is 5.32 Å². The number of aliphatic hydroxyl groups is 1. The first-order chi connectivity index (χ1) is 8.25. The summed E-state index contributed by atoms with van der Waals surface area (Å²) in [6.07, 6.45) is 5.04. The van der Waals surface area contributed by atoms with Crippen molar-refractivity contribution in [1.29, 1.82) is 0 Å². The molecule has 94 valence electrons. The van der Waals surface area contributed by atoms with Gasteiger partial charge in [0, 0.05) is 11.0 Å². The Kier molecular flexibility index (Phi) is 5.01. The number of aliphatic hydroxyl groups excluding tert-OH is 1. The maximum Gasteiger partial charge on any atom is 0.0914 e. The zero-order valence-corrected chi connectivity index (χ0v) is 11.6. The van der Waals surface area contributed by atoms with E-state index in [1.807, 2.05) is 24.3 Å². The van der Waals surface area contributed by atoms with E-state index in [0.29, 0.717) is 6.54 Å². The molecule has 1 aromatic carbocycles. The number of hydrogen-bond donors (Lipinski definition) is 2. The van der Waals surface area contributed by atoms with E-state index >= 15 is 0 Å². The van der Waals surface area contributed by atoms with E-state index in [1.54, 1.807) is 0 Å². The summed E-state index contributed by atoms with van der Waals surface area (Å²) in [6.45, 7) is 1.69. The van der Waals surface area contributed by atoms with Crippen molar-refractivity contribution in [3.63, 3.8) is 0 Å². The fraction of sp³-hybridized carbons (Fsp3) is 0.571. The Morgan fingerprint density at radius 3 is 2.82 bits per heavy atom. The quantitative estimate of drug-likeness (QED) is 0.874. The summed E-state index contributed by atoms with van der Waals surface area (Å²) < 4.78 is 1.02. The molecule has 2 nitrogen and oxygen atoms in total. The molecule has 1 fully saturated rings. The summed E-state index contributed by atoms with van der Waals surface area (Å²) in [7, 11) is 0. The molecule has 0 spiro atoms. The third-order valence-electron chi connectivity index (χ3n) is 3.48. The number of halogens is 1. The average molecular weight is 298 g/mol. The first-order valence-electron chi connectivity index (χ1n) is 6.40. The maximum atomic E-state index is 10.0. The lowest BCUT2D eigenvalue weighted by atomic mass is 10.1. The molecule has 1 aliphatic carbocycles. The molecule has 2 N–H and O–H groups in total. The van der Waals surface area contributed by atoms with Crippen molar-refractivity contribution in [3.8, 4) is 0 Å². The van der Waals surface area contributed by atoms with Gasteiger partial charge in [0.25, 0.3) is 0 Å². The lowest BCUT2D eigenvalue weighted by molar-refractivity contribution is 0.172. The second-order valence-electron chi connectivity index (χ2n) is 4.88. The molecule has 17 heavy (non-hydrogen) atoms. The highest BCUT2D eigenvalue weighted by Gasteiger charge is 2.15. The van der Waals surface area contributed by atoms with E-state index < -0.39 is 6.10 Å². The van der Waals surface area contributed by atoms with Gasteiger partial charge in [-0.3, -0.25) is 0 Å². The van der Waals surface area contributed by atoms with Gasteiger partial charge in [0.15, 0.2) is 0 Å². The van der Waals surface area contributed by atoms with E-state index in [2.05, 4.69) is 21.2 Å². The van der Waals surface area contributed by atoms with E-state index in [0.717, 1.165) is 22.5 Å². The summed E-state index contributed by atoms with van der Waals surface area (Å²) in [5, 5.41) is 13.4. The molecule has 0 saturated heterocycles. The monoisotopic (exact) mass is 297 g/mol. The van der Waals surface area contributed by atoms with Crippen molar-refractivity contribution < 1.29 is 5.11 Å². The molecule has 0 heterocycles. The minimum Gasteiger partial charge on any atom is -0.387 e. The maximum absolute atomic E-state index is 10.0. The molecule has 3 heteroatoms. The predicted molar refractivity (Wildman–Crippen MR) is 73.9 cm³/mol. The topological polar surface area (TPSA) is 32.3 Å². The van der Waals surface area contributed by atoms with Crippen molar-refractivity contribution in [3.05, 3.63) is 34.3 Å². The van der Waals surface area contributed by atoms with Crippen molar-refractivity contribution in [1.82, 2.24) is 5.32 Å². The highest BCUT2D eigenvalue weighted by molar-refractivity contribution is 9.10. The zero-order valence-electron chi connectivity index (χ0n) is 10.0. The molecule has 2 rings (SSSR count). The van der Waals surface area contributed by atoms with Crippen molar-refractivity contribution in [2.24, 2.45) is 5.92 Å². The zero-order chi connectivity index (χ0) is 12.1. The van der Waals surface area contributed by atoms with Gasteiger partial charge in [-0.15, -0.1) is 0 Å². The highest BCUT2D eigenvalue weighted by Crippen LogP contribution is 2.24. The van der Waals surface area contributed by atoms with Crippen LogP contribution in [0, 0.1) is 5.92 Å². The Morgan fingerprint density at radius 2 is 2.12 bits per heavy atom. The first-order valence-corrected chi connectivity index (χ1v) is 7.19. The molecule has 0 amide bonds. The van der Waals surface area contributed by atoms with Gasteiger partial charge in [-0.05, 0) is 43.0 Å². The van der Waals surface area contributed by atoms with Gasteiger partial charge in [0.05, 0.1) is 6.10 Å². The second-order valence-corrected chi connectivity index (χ2v) is 5.80. The van der Waals surface area contributed by atoms with Crippen LogP contribution in [0.25, 0.3) is 0 Å². The first kappa shape index (κ1) is 13.1. The Balaban J connectivity index is 1.74. The van der Waals surface area contributed by atoms with Gasteiger partial charge in [-0.2, -0.15) is 0 Å². The normalized spacial score (nSPS) is 18.5. The van der Waals surface area contributed by atoms with E-state index in [9.17, 15) is 5.11 Å². The van der Waals surface area contributed by atoms with Crippen molar-refractivity contribution in [2.75, 3.05) is 13.1 Å². The summed E-state index contributed by atoms with van der Waals surface area (Å²) >= 11 is 3.42. The lowest BCUT2D eigenvalue weighted by Gasteiger charge is -2.15. The Hall–Kier alpha value is -0.380. The molecule has 0 aliphatic heterocycles. The molecule has 1 atom stereocenters. The number of benzene rings is 1. The van der Waals surface area contributed by atoms with Crippen LogP contribution in [0.4, 0.5) is 0 Å². The van der Waals surface area contributed by atoms with Gasteiger partial charge < -0.3 is 10.4 Å². The predicted octanol–water partition coefficient (Wildman–Crippen LogP) is 3.26. The van der Waals surface area contributed by atoms with Gasteiger partial charge in [0.2, 0.25) is 0 Å². The Labute approximate surface area is 112 Å². The van der Waals surface area contributed by atoms with E-state index in [1.165, 1.54) is 25.7 Å².